The zero-order chi connectivity index (χ0) is 13.5. The van der Waals surface area contributed by atoms with Gasteiger partial charge in [0, 0.05) is 39.3 Å². The molecule has 0 radical (unpaired) electrons. The van der Waals surface area contributed by atoms with Gasteiger partial charge in [-0.2, -0.15) is 0 Å². The zero-order valence-electron chi connectivity index (χ0n) is 10.4. The molecule has 0 atom stereocenters. The van der Waals surface area contributed by atoms with Gasteiger partial charge in [0.05, 0.1) is 4.92 Å². The molecule has 0 aliphatic heterocycles. The van der Waals surface area contributed by atoms with Gasteiger partial charge >= 0.3 is 5.69 Å². The second kappa shape index (κ2) is 6.53. The first-order valence-electron chi connectivity index (χ1n) is 5.57. The molecular weight excluding hydrogens is 236 g/mol. The smallest absolute Gasteiger partial charge is 0.311 e. The molecule has 1 aromatic rings. The van der Waals surface area contributed by atoms with Crippen LogP contribution in [0.25, 0.3) is 0 Å². The fourth-order valence-electron chi connectivity index (χ4n) is 1.51. The van der Waals surface area contributed by atoms with Crippen LogP contribution in [0.2, 0.25) is 0 Å². The largest absolute Gasteiger partial charge is 0.356 e. The molecule has 0 bridgehead atoms. The molecule has 7 heteroatoms. The van der Waals surface area contributed by atoms with E-state index in [1.54, 1.807) is 11.9 Å². The number of pyridine rings is 1. The molecule has 0 aliphatic carbocycles. The number of carbonyl (C=O) groups excluding carboxylic acids is 1. The Morgan fingerprint density at radius 2 is 2.33 bits per heavy atom. The van der Waals surface area contributed by atoms with Gasteiger partial charge in [-0.3, -0.25) is 14.9 Å². The lowest BCUT2D eigenvalue weighted by Crippen LogP contribution is -2.27. The zero-order valence-corrected chi connectivity index (χ0v) is 10.4. The van der Waals surface area contributed by atoms with Crippen molar-refractivity contribution in [3.8, 4) is 0 Å². The lowest BCUT2D eigenvalue weighted by Gasteiger charge is -2.17. The van der Waals surface area contributed by atoms with Crippen molar-refractivity contribution in [3.05, 3.63) is 28.4 Å². The first kappa shape index (κ1) is 13.9. The van der Waals surface area contributed by atoms with Crippen LogP contribution in [0.15, 0.2) is 18.3 Å². The van der Waals surface area contributed by atoms with E-state index >= 15 is 0 Å². The molecule has 1 N–H and O–H groups in total. The maximum Gasteiger partial charge on any atom is 0.311 e. The van der Waals surface area contributed by atoms with Gasteiger partial charge in [0.1, 0.15) is 0 Å². The average molecular weight is 252 g/mol. The molecule has 0 fully saturated rings. The van der Waals surface area contributed by atoms with E-state index in [2.05, 4.69) is 10.3 Å². The number of carbonyl (C=O) groups is 1. The molecule has 0 spiro atoms. The maximum absolute atomic E-state index is 10.8. The minimum atomic E-state index is -0.452. The quantitative estimate of drug-likeness (QED) is 0.462. The summed E-state index contributed by atoms with van der Waals surface area (Å²) in [4.78, 5) is 26.8. The van der Waals surface area contributed by atoms with Crippen LogP contribution >= 0.6 is 0 Å². The molecule has 0 aromatic carbocycles. The van der Waals surface area contributed by atoms with E-state index in [1.165, 1.54) is 25.3 Å². The van der Waals surface area contributed by atoms with Crippen LogP contribution in [0.3, 0.4) is 0 Å². The normalized spacial score (nSPS) is 9.89. The first-order chi connectivity index (χ1) is 8.52. The van der Waals surface area contributed by atoms with Crippen molar-refractivity contribution in [1.29, 1.82) is 0 Å². The summed E-state index contributed by atoms with van der Waals surface area (Å²) in [6.07, 6.45) is 2.22. The number of nitrogens with zero attached hydrogens (tertiary/aromatic N) is 3. The SMILES string of the molecule is CC(=O)NCCCN(C)c1ncccc1[N+](=O)[O-]. The van der Waals surface area contributed by atoms with Gasteiger partial charge in [-0.25, -0.2) is 4.98 Å². The molecule has 0 aliphatic rings. The number of anilines is 1. The van der Waals surface area contributed by atoms with Crippen LogP contribution in [0, 0.1) is 10.1 Å². The van der Waals surface area contributed by atoms with Crippen molar-refractivity contribution in [2.24, 2.45) is 0 Å². The van der Waals surface area contributed by atoms with Crippen LogP contribution < -0.4 is 10.2 Å². The Kier molecular flexibility index (Phi) is 5.04. The van der Waals surface area contributed by atoms with E-state index in [-0.39, 0.29) is 11.6 Å². The molecule has 0 unspecified atom stereocenters. The number of amides is 1. The molecular formula is C11H16N4O3. The average Bonchev–Trinajstić information content (AvgIpc) is 2.34. The van der Waals surface area contributed by atoms with E-state index < -0.39 is 4.92 Å². The van der Waals surface area contributed by atoms with Gasteiger partial charge in [-0.05, 0) is 12.5 Å². The highest BCUT2D eigenvalue weighted by Crippen LogP contribution is 2.23. The van der Waals surface area contributed by atoms with Gasteiger partial charge in [-0.1, -0.05) is 0 Å². The lowest BCUT2D eigenvalue weighted by atomic mass is 10.3. The molecule has 98 valence electrons. The summed E-state index contributed by atoms with van der Waals surface area (Å²) in [5.41, 5.74) is -0.0143. The highest BCUT2D eigenvalue weighted by Gasteiger charge is 2.17. The second-order valence-electron chi connectivity index (χ2n) is 3.86. The van der Waals surface area contributed by atoms with Gasteiger partial charge < -0.3 is 10.2 Å². The third-order valence-electron chi connectivity index (χ3n) is 2.37. The summed E-state index contributed by atoms with van der Waals surface area (Å²) < 4.78 is 0. The van der Waals surface area contributed by atoms with E-state index in [1.807, 2.05) is 0 Å². The second-order valence-corrected chi connectivity index (χ2v) is 3.86. The van der Waals surface area contributed by atoms with E-state index in [0.29, 0.717) is 25.3 Å². The number of rotatable bonds is 6. The van der Waals surface area contributed by atoms with Gasteiger partial charge in [0.15, 0.2) is 0 Å². The van der Waals surface area contributed by atoms with Crippen molar-refractivity contribution in [3.63, 3.8) is 0 Å². The first-order valence-corrected chi connectivity index (χ1v) is 5.57. The van der Waals surface area contributed by atoms with Crippen LogP contribution in [0.4, 0.5) is 11.5 Å². The summed E-state index contributed by atoms with van der Waals surface area (Å²) in [5.74, 6) is 0.256. The Hall–Kier alpha value is -2.18. The third-order valence-corrected chi connectivity index (χ3v) is 2.37. The standard InChI is InChI=1S/C11H16N4O3/c1-9(16)12-7-4-8-14(2)11-10(15(17)18)5-3-6-13-11/h3,5-6H,4,7-8H2,1-2H3,(H,12,16). The molecule has 1 heterocycles. The molecule has 1 amide bonds. The molecule has 0 saturated carbocycles. The topological polar surface area (TPSA) is 88.4 Å². The van der Waals surface area contributed by atoms with Gasteiger partial charge in [0.25, 0.3) is 0 Å². The summed E-state index contributed by atoms with van der Waals surface area (Å²) in [6, 6.07) is 2.96. The number of nitro groups is 1. The molecule has 0 saturated heterocycles. The van der Waals surface area contributed by atoms with Crippen molar-refractivity contribution in [1.82, 2.24) is 10.3 Å². The minimum Gasteiger partial charge on any atom is -0.356 e. The van der Waals surface area contributed by atoms with Crippen molar-refractivity contribution < 1.29 is 9.72 Å². The monoisotopic (exact) mass is 252 g/mol. The Bertz CT molecular complexity index is 436. The predicted octanol–water partition coefficient (Wildman–Crippen LogP) is 0.952. The Labute approximate surface area is 105 Å². The van der Waals surface area contributed by atoms with E-state index in [9.17, 15) is 14.9 Å². The predicted molar refractivity (Wildman–Crippen MR) is 67.5 cm³/mol. The van der Waals surface area contributed by atoms with Crippen molar-refractivity contribution in [2.75, 3.05) is 25.0 Å². The molecule has 18 heavy (non-hydrogen) atoms. The minimum absolute atomic E-state index is 0.0143. The molecule has 7 nitrogen and oxygen atoms in total. The fourth-order valence-corrected chi connectivity index (χ4v) is 1.51. The number of hydrogen-bond donors (Lipinski definition) is 1. The number of hydrogen-bond acceptors (Lipinski definition) is 5. The van der Waals surface area contributed by atoms with Crippen LogP contribution in [0.5, 0.6) is 0 Å². The van der Waals surface area contributed by atoms with E-state index in [0.717, 1.165) is 0 Å². The third kappa shape index (κ3) is 4.00. The number of nitrogens with one attached hydrogen (secondary N) is 1. The van der Waals surface area contributed by atoms with Crippen molar-refractivity contribution in [2.45, 2.75) is 13.3 Å². The Balaban J connectivity index is 2.58. The summed E-state index contributed by atoms with van der Waals surface area (Å²) in [6.45, 7) is 2.58. The van der Waals surface area contributed by atoms with Crippen LogP contribution in [-0.2, 0) is 4.79 Å². The Morgan fingerprint density at radius 3 is 2.94 bits per heavy atom. The highest BCUT2D eigenvalue weighted by molar-refractivity contribution is 5.72. The van der Waals surface area contributed by atoms with Gasteiger partial charge in [0.2, 0.25) is 11.7 Å². The molecule has 1 aromatic heterocycles. The maximum atomic E-state index is 10.8. The summed E-state index contributed by atoms with van der Waals surface area (Å²) >= 11 is 0. The number of aromatic nitrogens is 1. The van der Waals surface area contributed by atoms with E-state index in [4.69, 9.17) is 0 Å². The molecule has 1 rings (SSSR count). The lowest BCUT2D eigenvalue weighted by molar-refractivity contribution is -0.384. The van der Waals surface area contributed by atoms with Crippen LogP contribution in [0.1, 0.15) is 13.3 Å². The van der Waals surface area contributed by atoms with Gasteiger partial charge in [-0.15, -0.1) is 0 Å². The fraction of sp³-hybridized carbons (Fsp3) is 0.455. The van der Waals surface area contributed by atoms with Crippen LogP contribution in [-0.4, -0.2) is 36.0 Å². The van der Waals surface area contributed by atoms with Crippen molar-refractivity contribution >= 4 is 17.4 Å². The summed E-state index contributed by atoms with van der Waals surface area (Å²) in [7, 11) is 1.74. The summed E-state index contributed by atoms with van der Waals surface area (Å²) in [5, 5.41) is 13.5. The highest BCUT2D eigenvalue weighted by atomic mass is 16.6. The Morgan fingerprint density at radius 1 is 1.61 bits per heavy atom.